The molecular formula is C65H117NO5. The first-order valence-electron chi connectivity index (χ1n) is 30.7. The summed E-state index contributed by atoms with van der Waals surface area (Å²) in [5, 5.41) is 23.9. The Labute approximate surface area is 441 Å². The number of allylic oxidation sites excluding steroid dienone is 12. The first-order valence-corrected chi connectivity index (χ1v) is 30.7. The van der Waals surface area contributed by atoms with Crippen molar-refractivity contribution in [3.05, 3.63) is 72.9 Å². The van der Waals surface area contributed by atoms with Gasteiger partial charge in [0.15, 0.2) is 0 Å². The minimum absolute atomic E-state index is 0.0578. The Morgan fingerprint density at radius 1 is 0.408 bits per heavy atom. The lowest BCUT2D eigenvalue weighted by Gasteiger charge is -2.24. The summed E-state index contributed by atoms with van der Waals surface area (Å²) in [5.74, 6) is -0.510. The molecule has 0 aromatic carbocycles. The van der Waals surface area contributed by atoms with Gasteiger partial charge in [-0.05, 0) is 103 Å². The van der Waals surface area contributed by atoms with E-state index in [1.165, 1.54) is 161 Å². The maximum atomic E-state index is 13.3. The van der Waals surface area contributed by atoms with Gasteiger partial charge in [-0.2, -0.15) is 0 Å². The third-order valence-electron chi connectivity index (χ3n) is 13.8. The second-order valence-electron chi connectivity index (χ2n) is 20.7. The molecule has 412 valence electrons. The van der Waals surface area contributed by atoms with E-state index >= 15 is 0 Å². The fraction of sp³-hybridized carbons (Fsp3) is 0.785. The largest absolute Gasteiger partial charge is 0.462 e. The second-order valence-corrected chi connectivity index (χ2v) is 20.7. The lowest BCUT2D eigenvalue weighted by molar-refractivity contribution is -0.151. The SMILES string of the molecule is CCCCC/C=C\C/C=C\C/C=C\C/C=C\CCCCCC(=O)OC(CCCCCCCCC/C=C\C/C=C\CCCCC)CC(=O)NC(CO)C(O)CCCCCCCCCCCCCCCCCC. The number of aliphatic hydroxyl groups is 2. The normalized spacial score (nSPS) is 13.6. The lowest BCUT2D eigenvalue weighted by Crippen LogP contribution is -2.46. The second kappa shape index (κ2) is 58.2. The minimum atomic E-state index is -0.800. The van der Waals surface area contributed by atoms with Crippen molar-refractivity contribution in [3.8, 4) is 0 Å². The maximum absolute atomic E-state index is 13.3. The van der Waals surface area contributed by atoms with Gasteiger partial charge in [0, 0.05) is 6.42 Å². The number of hydrogen-bond donors (Lipinski definition) is 3. The molecule has 6 nitrogen and oxygen atoms in total. The smallest absolute Gasteiger partial charge is 0.306 e. The van der Waals surface area contributed by atoms with Gasteiger partial charge in [-0.3, -0.25) is 9.59 Å². The van der Waals surface area contributed by atoms with Gasteiger partial charge in [0.25, 0.3) is 0 Å². The first kappa shape index (κ1) is 68.3. The van der Waals surface area contributed by atoms with E-state index in [0.717, 1.165) is 96.3 Å². The highest BCUT2D eigenvalue weighted by Gasteiger charge is 2.24. The number of unbranched alkanes of at least 4 members (excludes halogenated alkanes) is 31. The van der Waals surface area contributed by atoms with Crippen molar-refractivity contribution in [2.45, 2.75) is 322 Å². The molecule has 0 bridgehead atoms. The first-order chi connectivity index (χ1) is 35.0. The average molecular weight is 993 g/mol. The van der Waals surface area contributed by atoms with Crippen LogP contribution in [0.4, 0.5) is 0 Å². The van der Waals surface area contributed by atoms with E-state index in [1.807, 2.05) is 0 Å². The van der Waals surface area contributed by atoms with Crippen LogP contribution in [0.2, 0.25) is 0 Å². The number of carbonyl (C=O) groups excluding carboxylic acids is 2. The van der Waals surface area contributed by atoms with Crippen LogP contribution in [0.15, 0.2) is 72.9 Å². The molecule has 71 heavy (non-hydrogen) atoms. The zero-order valence-electron chi connectivity index (χ0n) is 47.1. The van der Waals surface area contributed by atoms with Crippen LogP contribution in [-0.4, -0.2) is 46.9 Å². The van der Waals surface area contributed by atoms with Crippen molar-refractivity contribution in [1.82, 2.24) is 5.32 Å². The Kier molecular flexibility index (Phi) is 56.0. The molecule has 0 aliphatic heterocycles. The van der Waals surface area contributed by atoms with Crippen LogP contribution >= 0.6 is 0 Å². The number of amides is 1. The summed E-state index contributed by atoms with van der Waals surface area (Å²) >= 11 is 0. The summed E-state index contributed by atoms with van der Waals surface area (Å²) in [6.45, 7) is 6.45. The number of rotatable bonds is 55. The molecule has 0 spiro atoms. The minimum Gasteiger partial charge on any atom is -0.462 e. The predicted octanol–water partition coefficient (Wildman–Crippen LogP) is 19.3. The summed E-state index contributed by atoms with van der Waals surface area (Å²) in [6, 6.07) is -0.715. The number of carbonyl (C=O) groups is 2. The number of ether oxygens (including phenoxy) is 1. The van der Waals surface area contributed by atoms with E-state index in [-0.39, 0.29) is 24.9 Å². The molecule has 0 radical (unpaired) electrons. The van der Waals surface area contributed by atoms with Crippen LogP contribution in [0.1, 0.15) is 303 Å². The van der Waals surface area contributed by atoms with Gasteiger partial charge in [0.05, 0.1) is 25.2 Å². The van der Waals surface area contributed by atoms with E-state index < -0.39 is 18.2 Å². The van der Waals surface area contributed by atoms with E-state index in [4.69, 9.17) is 4.74 Å². The highest BCUT2D eigenvalue weighted by atomic mass is 16.5. The Morgan fingerprint density at radius 2 is 0.718 bits per heavy atom. The molecule has 6 heteroatoms. The van der Waals surface area contributed by atoms with Crippen molar-refractivity contribution in [2.75, 3.05) is 6.61 Å². The molecule has 0 aliphatic carbocycles. The molecule has 0 rings (SSSR count). The Hall–Kier alpha value is -2.70. The molecule has 3 atom stereocenters. The third kappa shape index (κ3) is 53.4. The van der Waals surface area contributed by atoms with Crippen LogP contribution in [0.3, 0.4) is 0 Å². The van der Waals surface area contributed by atoms with E-state index in [1.54, 1.807) is 0 Å². The zero-order chi connectivity index (χ0) is 51.6. The third-order valence-corrected chi connectivity index (χ3v) is 13.8. The van der Waals surface area contributed by atoms with Crippen LogP contribution < -0.4 is 5.32 Å². The Morgan fingerprint density at radius 3 is 1.11 bits per heavy atom. The molecule has 0 aromatic heterocycles. The lowest BCUT2D eigenvalue weighted by atomic mass is 10.0. The summed E-state index contributed by atoms with van der Waals surface area (Å²) in [7, 11) is 0. The molecule has 0 saturated carbocycles. The fourth-order valence-corrected chi connectivity index (χ4v) is 9.09. The fourth-order valence-electron chi connectivity index (χ4n) is 9.09. The van der Waals surface area contributed by atoms with Crippen molar-refractivity contribution < 1.29 is 24.5 Å². The van der Waals surface area contributed by atoms with Crippen molar-refractivity contribution in [2.24, 2.45) is 0 Å². The average Bonchev–Trinajstić information content (AvgIpc) is 3.36. The summed E-state index contributed by atoms with van der Waals surface area (Å²) < 4.78 is 5.96. The van der Waals surface area contributed by atoms with Gasteiger partial charge in [-0.15, -0.1) is 0 Å². The summed E-state index contributed by atoms with van der Waals surface area (Å²) in [4.78, 5) is 26.4. The van der Waals surface area contributed by atoms with Gasteiger partial charge >= 0.3 is 5.97 Å². The van der Waals surface area contributed by atoms with E-state index in [2.05, 4.69) is 99.0 Å². The molecule has 3 unspecified atom stereocenters. The summed E-state index contributed by atoms with van der Waals surface area (Å²) in [5.41, 5.74) is 0. The van der Waals surface area contributed by atoms with E-state index in [9.17, 15) is 19.8 Å². The van der Waals surface area contributed by atoms with E-state index in [0.29, 0.717) is 19.3 Å². The molecule has 0 saturated heterocycles. The number of hydrogen-bond acceptors (Lipinski definition) is 5. The zero-order valence-corrected chi connectivity index (χ0v) is 47.1. The van der Waals surface area contributed by atoms with Crippen LogP contribution in [0.25, 0.3) is 0 Å². The summed E-state index contributed by atoms with van der Waals surface area (Å²) in [6.07, 6.45) is 75.3. The van der Waals surface area contributed by atoms with Gasteiger partial charge in [0.2, 0.25) is 5.91 Å². The molecule has 1 amide bonds. The maximum Gasteiger partial charge on any atom is 0.306 e. The van der Waals surface area contributed by atoms with Crippen molar-refractivity contribution in [1.29, 1.82) is 0 Å². The monoisotopic (exact) mass is 992 g/mol. The molecular weight excluding hydrogens is 875 g/mol. The topological polar surface area (TPSA) is 95.9 Å². The number of nitrogens with one attached hydrogen (secondary N) is 1. The van der Waals surface area contributed by atoms with Gasteiger partial charge in [-0.1, -0.05) is 261 Å². The molecule has 0 heterocycles. The van der Waals surface area contributed by atoms with Gasteiger partial charge < -0.3 is 20.3 Å². The van der Waals surface area contributed by atoms with Crippen molar-refractivity contribution >= 4 is 11.9 Å². The standard InChI is InChI=1S/C65H117NO5/c1-4-7-10-13-16-19-22-25-28-31-32-34-37-40-43-46-49-52-55-58-65(70)71-61(56-53-50-47-44-41-38-35-33-29-26-23-20-17-14-11-8-5-2)59-64(69)66-62(60-67)63(68)57-54-51-48-45-42-39-36-30-27-24-21-18-15-12-9-6-3/h16-17,19-20,25-26,28-29,32,34,40,43,61-63,67-68H,4-15,18,21-24,27,30-31,33,35-39,41-42,44-60H2,1-3H3,(H,66,69)/b19-16-,20-17-,28-25-,29-26-,34-32-,43-40-. The Bertz CT molecular complexity index is 1300. The quantitative estimate of drug-likeness (QED) is 0.0321. The highest BCUT2D eigenvalue weighted by molar-refractivity contribution is 5.77. The van der Waals surface area contributed by atoms with Gasteiger partial charge in [0.1, 0.15) is 6.10 Å². The molecule has 0 aromatic rings. The van der Waals surface area contributed by atoms with Gasteiger partial charge in [-0.25, -0.2) is 0 Å². The molecule has 0 aliphatic rings. The number of esters is 1. The molecule has 3 N–H and O–H groups in total. The van der Waals surface area contributed by atoms with Crippen molar-refractivity contribution in [3.63, 3.8) is 0 Å². The predicted molar refractivity (Wildman–Crippen MR) is 310 cm³/mol. The van der Waals surface area contributed by atoms with Crippen LogP contribution in [0.5, 0.6) is 0 Å². The van der Waals surface area contributed by atoms with Crippen LogP contribution in [-0.2, 0) is 14.3 Å². The van der Waals surface area contributed by atoms with Crippen LogP contribution in [0, 0.1) is 0 Å². The molecule has 0 fully saturated rings. The number of aliphatic hydroxyl groups excluding tert-OH is 2. The highest BCUT2D eigenvalue weighted by Crippen LogP contribution is 2.18. The Balaban J connectivity index is 4.63.